The van der Waals surface area contributed by atoms with E-state index in [-0.39, 0.29) is 4.47 Å². The molecule has 0 aliphatic carbocycles. The molecule has 84 valence electrons. The van der Waals surface area contributed by atoms with Gasteiger partial charge in [-0.05, 0) is 15.9 Å². The molecular formula is C6H4BrClF2N2O2S. The maximum Gasteiger partial charge on any atom is 0.281 e. The highest BCUT2D eigenvalue weighted by Gasteiger charge is 2.26. The highest BCUT2D eigenvalue weighted by Crippen LogP contribution is 2.34. The van der Waals surface area contributed by atoms with E-state index in [4.69, 9.17) is 16.7 Å². The number of nitrogens with zero attached hydrogens (tertiary/aromatic N) is 1. The predicted octanol–water partition coefficient (Wildman–Crippen LogP) is 2.08. The van der Waals surface area contributed by atoms with Crippen LogP contribution in [0.1, 0.15) is 12.1 Å². The first kappa shape index (κ1) is 12.8. The quantitative estimate of drug-likeness (QED) is 0.906. The third kappa shape index (κ3) is 2.63. The summed E-state index contributed by atoms with van der Waals surface area (Å²) in [6, 6.07) is 0. The van der Waals surface area contributed by atoms with E-state index in [0.29, 0.717) is 0 Å². The number of aromatic nitrogens is 1. The van der Waals surface area contributed by atoms with Crippen LogP contribution in [0.3, 0.4) is 0 Å². The number of hydrogen-bond acceptors (Lipinski definition) is 3. The molecule has 0 amide bonds. The molecule has 0 bridgehead atoms. The van der Waals surface area contributed by atoms with Crippen LogP contribution in [0.25, 0.3) is 0 Å². The molecule has 0 radical (unpaired) electrons. The summed E-state index contributed by atoms with van der Waals surface area (Å²) in [5.41, 5.74) is -0.953. The van der Waals surface area contributed by atoms with Gasteiger partial charge >= 0.3 is 0 Å². The Balaban J connectivity index is 3.65. The summed E-state index contributed by atoms with van der Waals surface area (Å²) in [6.45, 7) is 0. The van der Waals surface area contributed by atoms with Crippen molar-refractivity contribution in [2.24, 2.45) is 5.14 Å². The molecule has 2 N–H and O–H groups in total. The van der Waals surface area contributed by atoms with E-state index in [9.17, 15) is 17.2 Å². The maximum absolute atomic E-state index is 12.4. The SMILES string of the molecule is NS(=O)(=O)c1c(C(F)F)ncc(Br)c1Cl. The summed E-state index contributed by atoms with van der Waals surface area (Å²) in [5, 5.41) is 4.36. The number of rotatable bonds is 2. The number of halogens is 4. The molecule has 0 unspecified atom stereocenters. The molecule has 4 nitrogen and oxygen atoms in total. The van der Waals surface area contributed by atoms with Gasteiger partial charge in [-0.1, -0.05) is 11.6 Å². The topological polar surface area (TPSA) is 73.1 Å². The van der Waals surface area contributed by atoms with Crippen molar-refractivity contribution in [3.8, 4) is 0 Å². The fourth-order valence-corrected chi connectivity index (χ4v) is 2.58. The zero-order valence-electron chi connectivity index (χ0n) is 6.92. The van der Waals surface area contributed by atoms with Crippen molar-refractivity contribution in [2.45, 2.75) is 11.3 Å². The summed E-state index contributed by atoms with van der Waals surface area (Å²) in [7, 11) is -4.34. The second kappa shape index (κ2) is 4.28. The lowest BCUT2D eigenvalue weighted by Crippen LogP contribution is -2.16. The summed E-state index contributed by atoms with van der Waals surface area (Å²) in [5.74, 6) is 0. The minimum Gasteiger partial charge on any atom is -0.253 e. The molecule has 0 atom stereocenters. The van der Waals surface area contributed by atoms with Crippen molar-refractivity contribution >= 4 is 37.6 Å². The molecule has 0 spiro atoms. The summed E-state index contributed by atoms with van der Waals surface area (Å²) < 4.78 is 47.0. The molecule has 1 heterocycles. The van der Waals surface area contributed by atoms with Crippen LogP contribution in [-0.2, 0) is 10.0 Å². The van der Waals surface area contributed by atoms with Crippen LogP contribution < -0.4 is 5.14 Å². The molecule has 15 heavy (non-hydrogen) atoms. The molecule has 0 aliphatic rings. The van der Waals surface area contributed by atoms with Crippen LogP contribution in [0, 0.1) is 0 Å². The average Bonchev–Trinajstić information content (AvgIpc) is 2.06. The van der Waals surface area contributed by atoms with E-state index >= 15 is 0 Å². The number of alkyl halides is 2. The van der Waals surface area contributed by atoms with Crippen molar-refractivity contribution in [2.75, 3.05) is 0 Å². The number of nitrogens with two attached hydrogens (primary N) is 1. The predicted molar refractivity (Wildman–Crippen MR) is 53.3 cm³/mol. The standard InChI is InChI=1S/C6H4BrClF2N2O2S/c7-2-1-12-4(6(9)10)5(3(2)8)15(11,13)14/h1,6H,(H2,11,13,14). The van der Waals surface area contributed by atoms with Crippen LogP contribution in [-0.4, -0.2) is 13.4 Å². The zero-order chi connectivity index (χ0) is 11.8. The molecule has 0 aliphatic heterocycles. The third-order valence-electron chi connectivity index (χ3n) is 1.45. The first-order valence-electron chi connectivity index (χ1n) is 3.40. The van der Waals surface area contributed by atoms with E-state index in [2.05, 4.69) is 20.9 Å². The van der Waals surface area contributed by atoms with Gasteiger partial charge in [0.15, 0.2) is 0 Å². The molecule has 1 aromatic heterocycles. The molecule has 0 saturated heterocycles. The lowest BCUT2D eigenvalue weighted by atomic mass is 10.3. The van der Waals surface area contributed by atoms with Crippen LogP contribution in [0.15, 0.2) is 15.6 Å². The Morgan fingerprint density at radius 2 is 2.07 bits per heavy atom. The zero-order valence-corrected chi connectivity index (χ0v) is 10.1. The Bertz CT molecular complexity index is 494. The highest BCUT2D eigenvalue weighted by molar-refractivity contribution is 9.10. The summed E-state index contributed by atoms with van der Waals surface area (Å²) in [4.78, 5) is 2.41. The lowest BCUT2D eigenvalue weighted by Gasteiger charge is -2.08. The van der Waals surface area contributed by atoms with E-state index in [1.807, 2.05) is 0 Å². The first-order chi connectivity index (χ1) is 6.75. The van der Waals surface area contributed by atoms with Gasteiger partial charge in [0.05, 0.1) is 9.50 Å². The van der Waals surface area contributed by atoms with Crippen molar-refractivity contribution < 1.29 is 17.2 Å². The second-order valence-corrected chi connectivity index (χ2v) is 5.21. The van der Waals surface area contributed by atoms with Crippen LogP contribution in [0.4, 0.5) is 8.78 Å². The van der Waals surface area contributed by atoms with E-state index in [1.54, 1.807) is 0 Å². The van der Waals surface area contributed by atoms with Crippen molar-refractivity contribution in [1.29, 1.82) is 0 Å². The number of pyridine rings is 1. The Labute approximate surface area is 97.6 Å². The van der Waals surface area contributed by atoms with Gasteiger partial charge in [0.1, 0.15) is 10.6 Å². The first-order valence-corrected chi connectivity index (χ1v) is 6.11. The molecule has 1 rings (SSSR count). The molecule has 0 fully saturated rings. The minimum atomic E-state index is -4.34. The monoisotopic (exact) mass is 320 g/mol. The van der Waals surface area contributed by atoms with Crippen LogP contribution >= 0.6 is 27.5 Å². The highest BCUT2D eigenvalue weighted by atomic mass is 79.9. The van der Waals surface area contributed by atoms with E-state index < -0.39 is 32.1 Å². The largest absolute Gasteiger partial charge is 0.281 e. The number of primary sulfonamides is 1. The van der Waals surface area contributed by atoms with Gasteiger partial charge in [-0.25, -0.2) is 22.3 Å². The lowest BCUT2D eigenvalue weighted by molar-refractivity contribution is 0.142. The second-order valence-electron chi connectivity index (χ2n) is 2.48. The van der Waals surface area contributed by atoms with Crippen molar-refractivity contribution in [3.05, 3.63) is 21.4 Å². The smallest absolute Gasteiger partial charge is 0.253 e. The fourth-order valence-electron chi connectivity index (χ4n) is 0.889. The van der Waals surface area contributed by atoms with Gasteiger partial charge in [0.2, 0.25) is 10.0 Å². The Morgan fingerprint density at radius 3 is 2.47 bits per heavy atom. The molecule has 0 aromatic carbocycles. The van der Waals surface area contributed by atoms with Crippen molar-refractivity contribution in [1.82, 2.24) is 4.98 Å². The van der Waals surface area contributed by atoms with Crippen LogP contribution in [0.5, 0.6) is 0 Å². The summed E-state index contributed by atoms with van der Waals surface area (Å²) in [6.07, 6.45) is -2.08. The van der Waals surface area contributed by atoms with Gasteiger partial charge in [-0.15, -0.1) is 0 Å². The third-order valence-corrected chi connectivity index (χ3v) is 3.77. The number of hydrogen-bond donors (Lipinski definition) is 1. The average molecular weight is 322 g/mol. The fraction of sp³-hybridized carbons (Fsp3) is 0.167. The Morgan fingerprint density at radius 1 is 1.53 bits per heavy atom. The van der Waals surface area contributed by atoms with Crippen molar-refractivity contribution in [3.63, 3.8) is 0 Å². The van der Waals surface area contributed by atoms with Gasteiger partial charge in [0.25, 0.3) is 6.43 Å². The molecule has 0 saturated carbocycles. The molecule has 9 heteroatoms. The normalized spacial score (nSPS) is 12.1. The minimum absolute atomic E-state index is 0.0811. The number of sulfonamides is 1. The van der Waals surface area contributed by atoms with Gasteiger partial charge < -0.3 is 0 Å². The van der Waals surface area contributed by atoms with Gasteiger partial charge in [0, 0.05) is 6.20 Å². The van der Waals surface area contributed by atoms with Gasteiger partial charge in [-0.2, -0.15) is 0 Å². The summed E-state index contributed by atoms with van der Waals surface area (Å²) >= 11 is 8.41. The molecule has 1 aromatic rings. The Kier molecular flexibility index (Phi) is 3.64. The van der Waals surface area contributed by atoms with Crippen LogP contribution in [0.2, 0.25) is 5.02 Å². The van der Waals surface area contributed by atoms with E-state index in [1.165, 1.54) is 0 Å². The van der Waals surface area contributed by atoms with Gasteiger partial charge in [-0.3, -0.25) is 4.98 Å². The Hall–Kier alpha value is -0.310. The maximum atomic E-state index is 12.4. The molecular weight excluding hydrogens is 317 g/mol. The van der Waals surface area contributed by atoms with E-state index in [0.717, 1.165) is 6.20 Å².